The molecule has 3 rings (SSSR count). The van der Waals surface area contributed by atoms with E-state index in [0.29, 0.717) is 22.4 Å². The number of nitrogens with one attached hydrogen (secondary N) is 2. The molecule has 0 bridgehead atoms. The van der Waals surface area contributed by atoms with Crippen LogP contribution < -0.4 is 10.6 Å². The Morgan fingerprint density at radius 1 is 1.07 bits per heavy atom. The fourth-order valence-corrected chi connectivity index (χ4v) is 3.02. The quantitative estimate of drug-likeness (QED) is 0.426. The zero-order valence-corrected chi connectivity index (χ0v) is 16.0. The average molecular weight is 421 g/mol. The zero-order valence-electron chi connectivity index (χ0n) is 14.5. The molecule has 0 radical (unpaired) electrons. The van der Waals surface area contributed by atoms with Crippen LogP contribution in [0.1, 0.15) is 5.56 Å². The number of nitrogens with zero attached hydrogens (tertiary/aromatic N) is 2. The van der Waals surface area contributed by atoms with Crippen molar-refractivity contribution in [2.45, 2.75) is 11.6 Å². The van der Waals surface area contributed by atoms with Gasteiger partial charge in [-0.25, -0.2) is 18.7 Å². The number of anilines is 2. The van der Waals surface area contributed by atoms with E-state index in [1.807, 2.05) is 12.1 Å². The standard InChI is InChI=1S/C19H15ClF2N4OS/c20-13-3-1-12(2-4-13)9-23-17-8-19(25-11-24-17)28-10-18(27)26-16-7-14(21)5-6-15(16)22/h1-8,11H,9-10H2,(H,26,27)(H,23,24,25). The molecular formula is C19H15ClF2N4OS. The smallest absolute Gasteiger partial charge is 0.234 e. The number of hydrogen-bond acceptors (Lipinski definition) is 5. The van der Waals surface area contributed by atoms with Crippen LogP contribution in [0.25, 0.3) is 0 Å². The molecule has 2 N–H and O–H groups in total. The van der Waals surface area contributed by atoms with Crippen LogP contribution >= 0.6 is 23.4 Å². The molecule has 0 unspecified atom stereocenters. The maximum Gasteiger partial charge on any atom is 0.234 e. The molecule has 0 aliphatic heterocycles. The van der Waals surface area contributed by atoms with Crippen molar-refractivity contribution in [1.82, 2.24) is 9.97 Å². The molecule has 0 spiro atoms. The summed E-state index contributed by atoms with van der Waals surface area (Å²) in [5, 5.41) is 6.75. The summed E-state index contributed by atoms with van der Waals surface area (Å²) >= 11 is 7.02. The van der Waals surface area contributed by atoms with Gasteiger partial charge in [0.2, 0.25) is 5.91 Å². The normalized spacial score (nSPS) is 10.5. The Bertz CT molecular complexity index is 972. The fraction of sp³-hybridized carbons (Fsp3) is 0.105. The number of rotatable bonds is 7. The molecule has 144 valence electrons. The molecule has 0 saturated carbocycles. The Morgan fingerprint density at radius 3 is 2.64 bits per heavy atom. The number of benzene rings is 2. The van der Waals surface area contributed by atoms with Gasteiger partial charge in [0.1, 0.15) is 28.8 Å². The van der Waals surface area contributed by atoms with Gasteiger partial charge in [-0.2, -0.15) is 0 Å². The molecule has 0 saturated heterocycles. The summed E-state index contributed by atoms with van der Waals surface area (Å²) in [6, 6.07) is 12.0. The summed E-state index contributed by atoms with van der Waals surface area (Å²) in [5.74, 6) is -1.20. The van der Waals surface area contributed by atoms with Gasteiger partial charge in [-0.15, -0.1) is 0 Å². The highest BCUT2D eigenvalue weighted by molar-refractivity contribution is 7.99. The SMILES string of the molecule is O=C(CSc1cc(NCc2ccc(Cl)cc2)ncn1)Nc1cc(F)ccc1F. The van der Waals surface area contributed by atoms with E-state index < -0.39 is 17.5 Å². The Balaban J connectivity index is 1.53. The van der Waals surface area contributed by atoms with Gasteiger partial charge in [0.25, 0.3) is 0 Å². The van der Waals surface area contributed by atoms with Crippen LogP contribution in [0.3, 0.4) is 0 Å². The molecule has 0 aliphatic carbocycles. The topological polar surface area (TPSA) is 66.9 Å². The largest absolute Gasteiger partial charge is 0.366 e. The number of carbonyl (C=O) groups excluding carboxylic acids is 1. The van der Waals surface area contributed by atoms with E-state index in [1.165, 1.54) is 6.33 Å². The van der Waals surface area contributed by atoms with Crippen LogP contribution in [0.2, 0.25) is 5.02 Å². The molecular weight excluding hydrogens is 406 g/mol. The minimum Gasteiger partial charge on any atom is -0.366 e. The van der Waals surface area contributed by atoms with Gasteiger partial charge in [-0.1, -0.05) is 35.5 Å². The maximum absolute atomic E-state index is 13.6. The monoisotopic (exact) mass is 420 g/mol. The fourth-order valence-electron chi connectivity index (χ4n) is 2.23. The van der Waals surface area contributed by atoms with Crippen LogP contribution in [-0.2, 0) is 11.3 Å². The molecule has 0 aliphatic rings. The van der Waals surface area contributed by atoms with Crippen LogP contribution in [0, 0.1) is 11.6 Å². The third-order valence-electron chi connectivity index (χ3n) is 3.58. The number of carbonyl (C=O) groups is 1. The average Bonchev–Trinajstić information content (AvgIpc) is 2.69. The molecule has 28 heavy (non-hydrogen) atoms. The van der Waals surface area contributed by atoms with Gasteiger partial charge < -0.3 is 10.6 Å². The summed E-state index contributed by atoms with van der Waals surface area (Å²) in [6.07, 6.45) is 1.39. The van der Waals surface area contributed by atoms with Crippen molar-refractivity contribution in [3.63, 3.8) is 0 Å². The van der Waals surface area contributed by atoms with Crippen molar-refractivity contribution in [3.05, 3.63) is 77.1 Å². The lowest BCUT2D eigenvalue weighted by molar-refractivity contribution is -0.113. The number of halogens is 3. The molecule has 1 amide bonds. The van der Waals surface area contributed by atoms with E-state index in [2.05, 4.69) is 20.6 Å². The molecule has 5 nitrogen and oxygen atoms in total. The van der Waals surface area contributed by atoms with Crippen molar-refractivity contribution >= 4 is 40.8 Å². The lowest BCUT2D eigenvalue weighted by Crippen LogP contribution is -2.15. The highest BCUT2D eigenvalue weighted by Crippen LogP contribution is 2.20. The molecule has 0 atom stereocenters. The summed E-state index contributed by atoms with van der Waals surface area (Å²) in [6.45, 7) is 0.553. The second-order valence-electron chi connectivity index (χ2n) is 5.68. The van der Waals surface area contributed by atoms with Gasteiger partial charge in [0.05, 0.1) is 11.4 Å². The van der Waals surface area contributed by atoms with E-state index in [1.54, 1.807) is 18.2 Å². The minimum absolute atomic E-state index is 0.0103. The number of thioether (sulfide) groups is 1. The van der Waals surface area contributed by atoms with E-state index in [-0.39, 0.29) is 11.4 Å². The van der Waals surface area contributed by atoms with Gasteiger partial charge >= 0.3 is 0 Å². The number of aromatic nitrogens is 2. The lowest BCUT2D eigenvalue weighted by Gasteiger charge is -2.08. The van der Waals surface area contributed by atoms with E-state index in [9.17, 15) is 13.6 Å². The van der Waals surface area contributed by atoms with Gasteiger partial charge in [-0.3, -0.25) is 4.79 Å². The van der Waals surface area contributed by atoms with Crippen LogP contribution in [0.5, 0.6) is 0 Å². The van der Waals surface area contributed by atoms with Crippen molar-refractivity contribution in [1.29, 1.82) is 0 Å². The third-order valence-corrected chi connectivity index (χ3v) is 4.76. The first-order chi connectivity index (χ1) is 13.5. The highest BCUT2D eigenvalue weighted by Gasteiger charge is 2.10. The number of hydrogen-bond donors (Lipinski definition) is 2. The minimum atomic E-state index is -0.699. The van der Waals surface area contributed by atoms with Gasteiger partial charge in [0, 0.05) is 23.7 Å². The van der Waals surface area contributed by atoms with Crippen LogP contribution in [0.4, 0.5) is 20.3 Å². The molecule has 2 aromatic carbocycles. The Hall–Kier alpha value is -2.71. The zero-order chi connectivity index (χ0) is 19.9. The van der Waals surface area contributed by atoms with Crippen molar-refractivity contribution in [2.75, 3.05) is 16.4 Å². The maximum atomic E-state index is 13.6. The first-order valence-corrected chi connectivity index (χ1v) is 9.54. The molecule has 0 fully saturated rings. The lowest BCUT2D eigenvalue weighted by atomic mass is 10.2. The Kier molecular flexibility index (Phi) is 6.78. The van der Waals surface area contributed by atoms with Gasteiger partial charge in [-0.05, 0) is 29.8 Å². The second-order valence-corrected chi connectivity index (χ2v) is 7.11. The molecule has 1 aromatic heterocycles. The predicted molar refractivity (Wildman–Crippen MR) is 107 cm³/mol. The Labute approximate surface area is 169 Å². The van der Waals surface area contributed by atoms with Crippen LogP contribution in [0.15, 0.2) is 59.9 Å². The third kappa shape index (κ3) is 5.90. The summed E-state index contributed by atoms with van der Waals surface area (Å²) in [5.41, 5.74) is 0.840. The highest BCUT2D eigenvalue weighted by atomic mass is 35.5. The first kappa shape index (κ1) is 20.0. The summed E-state index contributed by atoms with van der Waals surface area (Å²) in [4.78, 5) is 20.2. The summed E-state index contributed by atoms with van der Waals surface area (Å²) < 4.78 is 26.7. The van der Waals surface area contributed by atoms with E-state index in [0.717, 1.165) is 35.5 Å². The van der Waals surface area contributed by atoms with Crippen LogP contribution in [-0.4, -0.2) is 21.6 Å². The molecule has 9 heteroatoms. The molecule has 1 heterocycles. The van der Waals surface area contributed by atoms with Gasteiger partial charge in [0.15, 0.2) is 0 Å². The van der Waals surface area contributed by atoms with E-state index in [4.69, 9.17) is 11.6 Å². The van der Waals surface area contributed by atoms with Crippen molar-refractivity contribution < 1.29 is 13.6 Å². The predicted octanol–water partition coefficient (Wildman–Crippen LogP) is 4.75. The van der Waals surface area contributed by atoms with Crippen molar-refractivity contribution in [3.8, 4) is 0 Å². The molecule has 3 aromatic rings. The van der Waals surface area contributed by atoms with Crippen molar-refractivity contribution in [2.24, 2.45) is 0 Å². The summed E-state index contributed by atoms with van der Waals surface area (Å²) in [7, 11) is 0. The Morgan fingerprint density at radius 2 is 1.86 bits per heavy atom. The number of amides is 1. The van der Waals surface area contributed by atoms with E-state index >= 15 is 0 Å². The first-order valence-electron chi connectivity index (χ1n) is 8.17. The second kappa shape index (κ2) is 9.48.